The second-order valence-electron chi connectivity index (χ2n) is 11.4. The largest absolute Gasteiger partial charge is 0.382 e. The molecule has 0 bridgehead atoms. The number of piperazine rings is 1. The summed E-state index contributed by atoms with van der Waals surface area (Å²) >= 11 is 0. The van der Waals surface area contributed by atoms with Crippen LogP contribution in [0.3, 0.4) is 0 Å². The Labute approximate surface area is 220 Å². The summed E-state index contributed by atoms with van der Waals surface area (Å²) in [5, 5.41) is 14.5. The number of carbonyl (C=O) groups is 1. The lowest BCUT2D eigenvalue weighted by Crippen LogP contribution is -2.50. The van der Waals surface area contributed by atoms with Crippen molar-refractivity contribution in [3.8, 4) is 0 Å². The fourth-order valence-corrected chi connectivity index (χ4v) is 5.18. The summed E-state index contributed by atoms with van der Waals surface area (Å²) in [6.45, 7) is 11.8. The fraction of sp³-hybridized carbons (Fsp3) is 0.552. The van der Waals surface area contributed by atoms with Crippen molar-refractivity contribution in [3.63, 3.8) is 0 Å². The normalized spacial score (nSPS) is 20.5. The van der Waals surface area contributed by atoms with Gasteiger partial charge in [0.1, 0.15) is 6.61 Å². The topological polar surface area (TPSA) is 87.9 Å². The van der Waals surface area contributed by atoms with Crippen LogP contribution in [0.25, 0.3) is 0 Å². The molecule has 200 valence electrons. The number of hydrogen-bond donors (Lipinski definition) is 1. The maximum atomic E-state index is 12.8. The van der Waals surface area contributed by atoms with E-state index >= 15 is 0 Å². The van der Waals surface area contributed by atoms with Gasteiger partial charge in [-0.3, -0.25) is 14.9 Å². The van der Waals surface area contributed by atoms with Crippen LogP contribution in [-0.2, 0) is 14.9 Å². The molecule has 1 heterocycles. The highest BCUT2D eigenvalue weighted by Crippen LogP contribution is 2.28. The number of aryl methyl sites for hydroxylation is 1. The van der Waals surface area contributed by atoms with Crippen LogP contribution in [0.2, 0.25) is 0 Å². The lowest BCUT2D eigenvalue weighted by molar-refractivity contribution is -0.384. The van der Waals surface area contributed by atoms with Crippen LogP contribution in [0.15, 0.2) is 42.5 Å². The van der Waals surface area contributed by atoms with Gasteiger partial charge in [-0.15, -0.1) is 0 Å². The summed E-state index contributed by atoms with van der Waals surface area (Å²) in [7, 11) is 0. The Balaban J connectivity index is 1.16. The molecule has 0 unspecified atom stereocenters. The summed E-state index contributed by atoms with van der Waals surface area (Å²) in [6.07, 6.45) is 3.79. The minimum absolute atomic E-state index is 0.0736. The molecule has 8 heteroatoms. The van der Waals surface area contributed by atoms with E-state index in [4.69, 9.17) is 4.74 Å². The number of anilines is 2. The molecular formula is C29H40N4O4. The highest BCUT2D eigenvalue weighted by Gasteiger charge is 2.26. The first-order valence-corrected chi connectivity index (χ1v) is 13.4. The molecule has 8 nitrogen and oxygen atoms in total. The number of hydrogen-bond acceptors (Lipinski definition) is 6. The van der Waals surface area contributed by atoms with Crippen LogP contribution in [0, 0.1) is 17.0 Å². The summed E-state index contributed by atoms with van der Waals surface area (Å²) in [4.78, 5) is 27.6. The van der Waals surface area contributed by atoms with Gasteiger partial charge in [0.15, 0.2) is 0 Å². The van der Waals surface area contributed by atoms with Crippen molar-refractivity contribution in [2.75, 3.05) is 43.0 Å². The van der Waals surface area contributed by atoms with Crippen molar-refractivity contribution in [2.24, 2.45) is 0 Å². The predicted molar refractivity (Wildman–Crippen MR) is 147 cm³/mol. The molecule has 2 aromatic carbocycles. The second kappa shape index (κ2) is 11.5. The molecule has 37 heavy (non-hydrogen) atoms. The standard InChI is InChI=1S/C29H40N4O4/c1-21-19-25(33(35)36)11-14-27(21)30-23-7-12-26(13-8-23)37-20-28(34)32-17-15-31(16-18-32)24-9-5-22(6-10-24)29(2,3)4/h5-6,9-11,14,19,23,26,30H,7-8,12-13,15-18,20H2,1-4H3. The van der Waals surface area contributed by atoms with Gasteiger partial charge in [-0.05, 0) is 67.3 Å². The number of nitrogens with one attached hydrogen (secondary N) is 1. The van der Waals surface area contributed by atoms with Crippen LogP contribution < -0.4 is 10.2 Å². The number of non-ortho nitro benzene ring substituents is 1. The zero-order chi connectivity index (χ0) is 26.6. The zero-order valence-electron chi connectivity index (χ0n) is 22.5. The molecule has 0 atom stereocenters. The van der Waals surface area contributed by atoms with Crippen LogP contribution in [0.4, 0.5) is 17.1 Å². The quantitative estimate of drug-likeness (QED) is 0.404. The number of nitro groups is 1. The van der Waals surface area contributed by atoms with E-state index in [0.29, 0.717) is 19.1 Å². The summed E-state index contributed by atoms with van der Waals surface area (Å²) < 4.78 is 6.01. The predicted octanol–water partition coefficient (Wildman–Crippen LogP) is 5.29. The third-order valence-corrected chi connectivity index (χ3v) is 7.63. The van der Waals surface area contributed by atoms with Crippen molar-refractivity contribution in [1.29, 1.82) is 0 Å². The maximum absolute atomic E-state index is 12.8. The lowest BCUT2D eigenvalue weighted by Gasteiger charge is -2.37. The van der Waals surface area contributed by atoms with Crippen molar-refractivity contribution >= 4 is 23.0 Å². The number of ether oxygens (including phenoxy) is 1. The Morgan fingerprint density at radius 1 is 1.03 bits per heavy atom. The number of nitro benzene ring substituents is 1. The molecule has 1 amide bonds. The smallest absolute Gasteiger partial charge is 0.269 e. The highest BCUT2D eigenvalue weighted by atomic mass is 16.6. The van der Waals surface area contributed by atoms with Gasteiger partial charge in [-0.1, -0.05) is 32.9 Å². The minimum Gasteiger partial charge on any atom is -0.382 e. The molecule has 1 aliphatic heterocycles. The minimum atomic E-state index is -0.369. The van der Waals surface area contributed by atoms with Gasteiger partial charge >= 0.3 is 0 Å². The van der Waals surface area contributed by atoms with Gasteiger partial charge in [-0.2, -0.15) is 0 Å². The molecule has 1 aliphatic carbocycles. The molecule has 4 rings (SSSR count). The molecule has 0 radical (unpaired) electrons. The molecule has 1 saturated carbocycles. The lowest BCUT2D eigenvalue weighted by atomic mass is 9.87. The Morgan fingerprint density at radius 2 is 1.68 bits per heavy atom. The SMILES string of the molecule is Cc1cc([N+](=O)[O-])ccc1NC1CCC(OCC(=O)N2CCN(c3ccc(C(C)(C)C)cc3)CC2)CC1. The second-order valence-corrected chi connectivity index (χ2v) is 11.4. The van der Waals surface area contributed by atoms with Crippen molar-refractivity contribution in [1.82, 2.24) is 4.90 Å². The molecule has 0 aromatic heterocycles. The van der Waals surface area contributed by atoms with Crippen LogP contribution in [-0.4, -0.2) is 60.7 Å². The summed E-state index contributed by atoms with van der Waals surface area (Å²) in [5.41, 5.74) is 4.61. The van der Waals surface area contributed by atoms with Gasteiger partial charge < -0.3 is 19.9 Å². The average Bonchev–Trinajstić information content (AvgIpc) is 2.89. The van der Waals surface area contributed by atoms with Crippen LogP contribution >= 0.6 is 0 Å². The van der Waals surface area contributed by atoms with E-state index in [0.717, 1.165) is 50.0 Å². The summed E-state index contributed by atoms with van der Waals surface area (Å²) in [5.74, 6) is 0.0736. The van der Waals surface area contributed by atoms with E-state index in [1.807, 2.05) is 11.8 Å². The number of rotatable bonds is 7. The fourth-order valence-electron chi connectivity index (χ4n) is 5.18. The van der Waals surface area contributed by atoms with Gasteiger partial charge in [0.25, 0.3) is 5.69 Å². The molecule has 2 fully saturated rings. The van der Waals surface area contributed by atoms with Crippen LogP contribution in [0.1, 0.15) is 57.6 Å². The first-order chi connectivity index (χ1) is 17.6. The van der Waals surface area contributed by atoms with Gasteiger partial charge in [0, 0.05) is 55.7 Å². The Bertz CT molecular complexity index is 1080. The first kappa shape index (κ1) is 26.9. The molecule has 2 aromatic rings. The van der Waals surface area contributed by atoms with E-state index in [1.54, 1.807) is 12.1 Å². The third-order valence-electron chi connectivity index (χ3n) is 7.63. The zero-order valence-corrected chi connectivity index (χ0v) is 22.5. The first-order valence-electron chi connectivity index (χ1n) is 13.4. The molecule has 1 saturated heterocycles. The molecule has 0 spiro atoms. The monoisotopic (exact) mass is 508 g/mol. The van der Waals surface area contributed by atoms with Gasteiger partial charge in [0.05, 0.1) is 11.0 Å². The number of carbonyl (C=O) groups excluding carboxylic acids is 1. The van der Waals surface area contributed by atoms with Gasteiger partial charge in [-0.25, -0.2) is 0 Å². The van der Waals surface area contributed by atoms with E-state index in [1.165, 1.54) is 17.3 Å². The van der Waals surface area contributed by atoms with Crippen molar-refractivity contribution in [3.05, 3.63) is 63.7 Å². The molecule has 2 aliphatic rings. The maximum Gasteiger partial charge on any atom is 0.269 e. The van der Waals surface area contributed by atoms with E-state index in [2.05, 4.69) is 55.3 Å². The number of nitrogens with zero attached hydrogens (tertiary/aromatic N) is 3. The molecular weight excluding hydrogens is 468 g/mol. The number of amides is 1. The Hall–Kier alpha value is -3.13. The van der Waals surface area contributed by atoms with E-state index < -0.39 is 0 Å². The number of benzene rings is 2. The van der Waals surface area contributed by atoms with Crippen LogP contribution in [0.5, 0.6) is 0 Å². The average molecular weight is 509 g/mol. The van der Waals surface area contributed by atoms with Gasteiger partial charge in [0.2, 0.25) is 5.91 Å². The van der Waals surface area contributed by atoms with Crippen molar-refractivity contribution < 1.29 is 14.5 Å². The van der Waals surface area contributed by atoms with E-state index in [-0.39, 0.29) is 34.6 Å². The van der Waals surface area contributed by atoms with E-state index in [9.17, 15) is 14.9 Å². The Morgan fingerprint density at radius 3 is 2.24 bits per heavy atom. The summed E-state index contributed by atoms with van der Waals surface area (Å²) in [6, 6.07) is 14.0. The third kappa shape index (κ3) is 7.01. The highest BCUT2D eigenvalue weighted by molar-refractivity contribution is 5.77. The Kier molecular flexibility index (Phi) is 8.37. The molecule has 1 N–H and O–H groups in total. The van der Waals surface area contributed by atoms with Crippen molar-refractivity contribution in [2.45, 2.75) is 70.9 Å².